The molecule has 1 N–H and O–H groups in total. The average molecular weight is 403 g/mol. The van der Waals surface area contributed by atoms with Crippen molar-refractivity contribution in [2.75, 3.05) is 12.4 Å². The molecule has 0 fully saturated rings. The second-order valence-corrected chi connectivity index (χ2v) is 6.30. The Balaban J connectivity index is 1.88. The third-order valence-electron chi connectivity index (χ3n) is 4.25. The molecule has 2 aromatic carbocycles. The lowest BCUT2D eigenvalue weighted by atomic mass is 10.1. The first-order valence-electron chi connectivity index (χ1n) is 8.84. The number of hydrogen-bond donors (Lipinski definition) is 1. The number of aryl methyl sites for hydroxylation is 1. The van der Waals surface area contributed by atoms with Crippen LogP contribution in [0.1, 0.15) is 11.3 Å². The molecule has 0 aliphatic heterocycles. The fourth-order valence-corrected chi connectivity index (χ4v) is 2.80. The molecule has 0 aliphatic rings. The molecular weight excluding hydrogens is 386 g/mol. The van der Waals surface area contributed by atoms with Gasteiger partial charge in [-0.2, -0.15) is 5.26 Å². The Bertz CT molecular complexity index is 1190. The van der Waals surface area contributed by atoms with Gasteiger partial charge in [0.2, 0.25) is 0 Å². The number of furan rings is 1. The average Bonchev–Trinajstić information content (AvgIpc) is 3.20. The minimum Gasteiger partial charge on any atom is -0.495 e. The van der Waals surface area contributed by atoms with Crippen LogP contribution in [-0.2, 0) is 4.79 Å². The largest absolute Gasteiger partial charge is 0.495 e. The Labute approximate surface area is 172 Å². The van der Waals surface area contributed by atoms with Gasteiger partial charge < -0.3 is 14.5 Å². The molecule has 0 bridgehead atoms. The Morgan fingerprint density at radius 1 is 1.23 bits per heavy atom. The van der Waals surface area contributed by atoms with Crippen molar-refractivity contribution in [1.29, 1.82) is 5.26 Å². The summed E-state index contributed by atoms with van der Waals surface area (Å²) >= 11 is 0. The van der Waals surface area contributed by atoms with Crippen LogP contribution in [0.3, 0.4) is 0 Å². The predicted octanol–water partition coefficient (Wildman–Crippen LogP) is 4.72. The molecule has 8 nitrogen and oxygen atoms in total. The molecule has 0 aliphatic carbocycles. The van der Waals surface area contributed by atoms with E-state index in [-0.39, 0.29) is 22.8 Å². The number of nitriles is 1. The van der Waals surface area contributed by atoms with E-state index in [2.05, 4.69) is 5.32 Å². The Hall–Kier alpha value is -4.38. The number of amides is 1. The van der Waals surface area contributed by atoms with Crippen molar-refractivity contribution < 1.29 is 18.9 Å². The number of anilines is 1. The number of methoxy groups -OCH3 is 1. The van der Waals surface area contributed by atoms with Crippen LogP contribution in [0.25, 0.3) is 17.4 Å². The maximum absolute atomic E-state index is 12.5. The molecule has 30 heavy (non-hydrogen) atoms. The van der Waals surface area contributed by atoms with Gasteiger partial charge in [0.25, 0.3) is 11.6 Å². The summed E-state index contributed by atoms with van der Waals surface area (Å²) in [5, 5.41) is 23.3. The third-order valence-corrected chi connectivity index (χ3v) is 4.25. The molecule has 0 unspecified atom stereocenters. The Kier molecular flexibility index (Phi) is 5.94. The summed E-state index contributed by atoms with van der Waals surface area (Å²) in [6, 6.07) is 16.5. The molecule has 1 heterocycles. The van der Waals surface area contributed by atoms with Crippen LogP contribution in [0.5, 0.6) is 5.75 Å². The number of carbonyl (C=O) groups excluding carboxylic acids is 1. The molecule has 3 aromatic rings. The van der Waals surface area contributed by atoms with Crippen molar-refractivity contribution in [2.45, 2.75) is 6.92 Å². The molecule has 0 atom stereocenters. The predicted molar refractivity (Wildman–Crippen MR) is 111 cm³/mol. The third kappa shape index (κ3) is 4.36. The molecule has 0 spiro atoms. The van der Waals surface area contributed by atoms with Gasteiger partial charge in [0, 0.05) is 12.1 Å². The van der Waals surface area contributed by atoms with Crippen LogP contribution < -0.4 is 10.1 Å². The van der Waals surface area contributed by atoms with Crippen LogP contribution in [0.15, 0.2) is 64.6 Å². The molecule has 150 valence electrons. The fourth-order valence-electron chi connectivity index (χ4n) is 2.80. The van der Waals surface area contributed by atoms with Gasteiger partial charge in [0.15, 0.2) is 0 Å². The second kappa shape index (κ2) is 8.75. The number of ether oxygens (including phenoxy) is 1. The first-order valence-corrected chi connectivity index (χ1v) is 8.84. The number of nitro benzene ring substituents is 1. The molecular formula is C22H17N3O5. The van der Waals surface area contributed by atoms with Gasteiger partial charge in [-0.15, -0.1) is 0 Å². The van der Waals surface area contributed by atoms with Crippen molar-refractivity contribution in [3.63, 3.8) is 0 Å². The lowest BCUT2D eigenvalue weighted by molar-refractivity contribution is -0.384. The number of carbonyl (C=O) groups is 1. The summed E-state index contributed by atoms with van der Waals surface area (Å²) in [6.45, 7) is 1.76. The monoisotopic (exact) mass is 403 g/mol. The summed E-state index contributed by atoms with van der Waals surface area (Å²) in [4.78, 5) is 23.3. The van der Waals surface area contributed by atoms with Crippen molar-refractivity contribution in [2.24, 2.45) is 0 Å². The molecule has 1 aromatic heterocycles. The summed E-state index contributed by atoms with van der Waals surface area (Å²) < 4.78 is 10.8. The lowest BCUT2D eigenvalue weighted by Crippen LogP contribution is -2.14. The molecule has 0 saturated carbocycles. The van der Waals surface area contributed by atoms with Crippen LogP contribution in [0.4, 0.5) is 11.4 Å². The number of nitro groups is 1. The van der Waals surface area contributed by atoms with Gasteiger partial charge in [-0.05, 0) is 42.8 Å². The van der Waals surface area contributed by atoms with Crippen LogP contribution in [-0.4, -0.2) is 17.9 Å². The van der Waals surface area contributed by atoms with Crippen molar-refractivity contribution in [3.8, 4) is 23.1 Å². The van der Waals surface area contributed by atoms with Crippen LogP contribution in [0.2, 0.25) is 0 Å². The number of rotatable bonds is 6. The van der Waals surface area contributed by atoms with Gasteiger partial charge in [-0.1, -0.05) is 18.2 Å². The first kappa shape index (κ1) is 20.4. The summed E-state index contributed by atoms with van der Waals surface area (Å²) in [5.74, 6) is 0.290. The van der Waals surface area contributed by atoms with E-state index in [0.717, 1.165) is 5.56 Å². The highest BCUT2D eigenvalue weighted by molar-refractivity contribution is 6.10. The number of para-hydroxylation sites is 2. The number of hydrogen-bond acceptors (Lipinski definition) is 6. The van der Waals surface area contributed by atoms with Crippen LogP contribution in [0, 0.1) is 28.4 Å². The number of nitrogens with one attached hydrogen (secondary N) is 1. The van der Waals surface area contributed by atoms with E-state index >= 15 is 0 Å². The SMILES string of the molecule is COc1ccccc1NC(=O)/C(C#N)=C/c1ccc(-c2ccc(C)cc2[N+](=O)[O-])o1. The molecule has 8 heteroatoms. The molecule has 3 rings (SSSR count). The highest BCUT2D eigenvalue weighted by Gasteiger charge is 2.19. The Morgan fingerprint density at radius 2 is 2.00 bits per heavy atom. The van der Waals surface area contributed by atoms with Crippen LogP contribution >= 0.6 is 0 Å². The second-order valence-electron chi connectivity index (χ2n) is 6.30. The number of nitrogens with zero attached hydrogens (tertiary/aromatic N) is 2. The van der Waals surface area contributed by atoms with Gasteiger partial charge in [0.1, 0.15) is 28.9 Å². The zero-order valence-corrected chi connectivity index (χ0v) is 16.2. The van der Waals surface area contributed by atoms with E-state index < -0.39 is 10.8 Å². The van der Waals surface area contributed by atoms with Crippen molar-refractivity contribution >= 4 is 23.4 Å². The van der Waals surface area contributed by atoms with E-state index in [9.17, 15) is 20.2 Å². The molecule has 0 radical (unpaired) electrons. The first-order chi connectivity index (χ1) is 14.4. The van der Waals surface area contributed by atoms with E-state index in [1.165, 1.54) is 25.3 Å². The summed E-state index contributed by atoms with van der Waals surface area (Å²) in [6.07, 6.45) is 1.27. The smallest absolute Gasteiger partial charge is 0.280 e. The zero-order chi connectivity index (χ0) is 21.7. The van der Waals surface area contributed by atoms with Crippen molar-refractivity contribution in [1.82, 2.24) is 0 Å². The number of benzene rings is 2. The van der Waals surface area contributed by atoms with Gasteiger partial charge in [0.05, 0.1) is 23.3 Å². The quantitative estimate of drug-likeness (QED) is 0.275. The topological polar surface area (TPSA) is 118 Å². The Morgan fingerprint density at radius 3 is 2.70 bits per heavy atom. The molecule has 1 amide bonds. The van der Waals surface area contributed by atoms with E-state index in [1.54, 1.807) is 49.4 Å². The fraction of sp³-hybridized carbons (Fsp3) is 0.0909. The summed E-state index contributed by atoms with van der Waals surface area (Å²) in [5.41, 5.74) is 1.19. The normalized spacial score (nSPS) is 10.9. The van der Waals surface area contributed by atoms with Crippen molar-refractivity contribution in [3.05, 3.63) is 81.6 Å². The summed E-state index contributed by atoms with van der Waals surface area (Å²) in [7, 11) is 1.47. The van der Waals surface area contributed by atoms with E-state index in [4.69, 9.17) is 9.15 Å². The van der Waals surface area contributed by atoms with Gasteiger partial charge in [-0.25, -0.2) is 0 Å². The minimum absolute atomic E-state index is 0.0886. The minimum atomic E-state index is -0.638. The van der Waals surface area contributed by atoms with Gasteiger partial charge >= 0.3 is 0 Å². The maximum atomic E-state index is 12.5. The maximum Gasteiger partial charge on any atom is 0.280 e. The highest BCUT2D eigenvalue weighted by atomic mass is 16.6. The highest BCUT2D eigenvalue weighted by Crippen LogP contribution is 2.32. The standard InChI is InChI=1S/C22H17N3O5/c1-14-7-9-17(19(11-14)25(27)28)20-10-8-16(30-20)12-15(13-23)22(26)24-18-5-3-4-6-21(18)29-2/h3-12H,1-2H3,(H,24,26)/b15-12+. The zero-order valence-electron chi connectivity index (χ0n) is 16.2. The lowest BCUT2D eigenvalue weighted by Gasteiger charge is -2.08. The van der Waals surface area contributed by atoms with E-state index in [0.29, 0.717) is 17.0 Å². The van der Waals surface area contributed by atoms with Gasteiger partial charge in [-0.3, -0.25) is 14.9 Å². The molecule has 0 saturated heterocycles. The van der Waals surface area contributed by atoms with E-state index in [1.807, 2.05) is 6.07 Å².